The fourth-order valence-corrected chi connectivity index (χ4v) is 3.73. The van der Waals surface area contributed by atoms with Gasteiger partial charge in [0.05, 0.1) is 5.54 Å². The molecule has 2 heterocycles. The van der Waals surface area contributed by atoms with E-state index < -0.39 is 0 Å². The predicted molar refractivity (Wildman–Crippen MR) is 69.0 cm³/mol. The monoisotopic (exact) mass is 250 g/mol. The number of hydrogen-bond acceptors (Lipinski definition) is 3. The Bertz CT molecular complexity index is 366. The van der Waals surface area contributed by atoms with Gasteiger partial charge in [0.25, 0.3) is 0 Å². The molecule has 4 nitrogen and oxygen atoms in total. The van der Waals surface area contributed by atoms with Crippen LogP contribution in [-0.2, 0) is 4.79 Å². The van der Waals surface area contributed by atoms with E-state index in [1.54, 1.807) is 0 Å². The van der Waals surface area contributed by atoms with Crippen LogP contribution in [0.25, 0.3) is 0 Å². The van der Waals surface area contributed by atoms with E-state index in [9.17, 15) is 9.90 Å². The summed E-state index contributed by atoms with van der Waals surface area (Å²) in [5.41, 5.74) is 0.162. The number of allylic oxidation sites excluding steroid dienone is 2. The molecule has 1 spiro atoms. The Morgan fingerprint density at radius 1 is 1.39 bits per heavy atom. The number of aliphatic hydroxyl groups is 1. The van der Waals surface area contributed by atoms with E-state index in [-0.39, 0.29) is 18.1 Å². The van der Waals surface area contributed by atoms with E-state index in [1.165, 1.54) is 0 Å². The summed E-state index contributed by atoms with van der Waals surface area (Å²) in [6.07, 6.45) is 7.09. The molecule has 0 unspecified atom stereocenters. The number of carbonyl (C=O) groups excluding carboxylic acids is 1. The largest absolute Gasteiger partial charge is 0.396 e. The molecular formula is C14H22N2O2. The maximum Gasteiger partial charge on any atom is 0.226 e. The predicted octanol–water partition coefficient (Wildman–Crippen LogP) is 0.478. The van der Waals surface area contributed by atoms with Gasteiger partial charge in [-0.1, -0.05) is 12.2 Å². The first kappa shape index (κ1) is 12.2. The summed E-state index contributed by atoms with van der Waals surface area (Å²) in [4.78, 5) is 16.6. The van der Waals surface area contributed by atoms with E-state index >= 15 is 0 Å². The van der Waals surface area contributed by atoms with Gasteiger partial charge in [0, 0.05) is 32.2 Å². The zero-order valence-corrected chi connectivity index (χ0v) is 11.0. The number of carbonyl (C=O) groups is 1. The molecule has 1 atom stereocenters. The van der Waals surface area contributed by atoms with Crippen molar-refractivity contribution in [1.82, 2.24) is 9.80 Å². The van der Waals surface area contributed by atoms with Crippen molar-refractivity contribution in [2.75, 3.05) is 33.3 Å². The van der Waals surface area contributed by atoms with Crippen molar-refractivity contribution in [3.63, 3.8) is 0 Å². The zero-order valence-electron chi connectivity index (χ0n) is 11.0. The van der Waals surface area contributed by atoms with Crippen molar-refractivity contribution in [2.24, 2.45) is 11.8 Å². The minimum atomic E-state index is 0.162. The second-order valence-electron chi connectivity index (χ2n) is 6.19. The first-order valence-corrected chi connectivity index (χ1v) is 6.90. The van der Waals surface area contributed by atoms with Crippen LogP contribution in [0.15, 0.2) is 12.2 Å². The van der Waals surface area contributed by atoms with Gasteiger partial charge in [-0.15, -0.1) is 0 Å². The van der Waals surface area contributed by atoms with Gasteiger partial charge in [-0.25, -0.2) is 0 Å². The summed E-state index contributed by atoms with van der Waals surface area (Å²) in [5, 5.41) is 9.27. The third-order valence-electron chi connectivity index (χ3n) is 4.91. The molecule has 1 amide bonds. The average molecular weight is 250 g/mol. The van der Waals surface area contributed by atoms with Crippen LogP contribution >= 0.6 is 0 Å². The standard InChI is InChI=1S/C14H22N2O2/c1-15-7-11(8-17)6-14(15)9-16(10-14)13(18)12-4-2-3-5-12/h2-3,11-12,17H,4-10H2,1H3/t11-/m1/s1. The summed E-state index contributed by atoms with van der Waals surface area (Å²) in [6.45, 7) is 2.95. The molecular weight excluding hydrogens is 228 g/mol. The smallest absolute Gasteiger partial charge is 0.226 e. The van der Waals surface area contributed by atoms with Gasteiger partial charge in [0.15, 0.2) is 0 Å². The minimum absolute atomic E-state index is 0.162. The molecule has 2 aliphatic heterocycles. The number of aliphatic hydroxyl groups excluding tert-OH is 1. The normalized spacial score (nSPS) is 31.2. The third-order valence-corrected chi connectivity index (χ3v) is 4.91. The summed E-state index contributed by atoms with van der Waals surface area (Å²) in [7, 11) is 2.12. The zero-order chi connectivity index (χ0) is 12.8. The fraction of sp³-hybridized carbons (Fsp3) is 0.786. The van der Waals surface area contributed by atoms with Gasteiger partial charge in [0.1, 0.15) is 0 Å². The van der Waals surface area contributed by atoms with Crippen LogP contribution in [0.3, 0.4) is 0 Å². The van der Waals surface area contributed by atoms with Crippen LogP contribution in [0, 0.1) is 11.8 Å². The molecule has 0 saturated carbocycles. The van der Waals surface area contributed by atoms with Crippen LogP contribution in [-0.4, -0.2) is 59.6 Å². The Kier molecular flexibility index (Phi) is 2.94. The molecule has 1 N–H and O–H groups in total. The fourth-order valence-electron chi connectivity index (χ4n) is 3.73. The molecule has 2 saturated heterocycles. The highest BCUT2D eigenvalue weighted by Gasteiger charge is 2.53. The van der Waals surface area contributed by atoms with Gasteiger partial charge in [-0.2, -0.15) is 0 Å². The van der Waals surface area contributed by atoms with E-state index in [0.717, 1.165) is 38.9 Å². The lowest BCUT2D eigenvalue weighted by Crippen LogP contribution is -2.68. The number of nitrogens with zero attached hydrogens (tertiary/aromatic N) is 2. The summed E-state index contributed by atoms with van der Waals surface area (Å²) in [5.74, 6) is 0.912. The molecule has 1 aliphatic carbocycles. The Morgan fingerprint density at radius 2 is 2.06 bits per heavy atom. The Morgan fingerprint density at radius 3 is 2.61 bits per heavy atom. The lowest BCUT2D eigenvalue weighted by molar-refractivity contribution is -0.147. The molecule has 4 heteroatoms. The molecule has 2 fully saturated rings. The highest BCUT2D eigenvalue weighted by molar-refractivity contribution is 5.81. The van der Waals surface area contributed by atoms with Crippen molar-refractivity contribution in [3.05, 3.63) is 12.2 Å². The second kappa shape index (κ2) is 4.35. The van der Waals surface area contributed by atoms with E-state index in [4.69, 9.17) is 0 Å². The van der Waals surface area contributed by atoms with Crippen molar-refractivity contribution < 1.29 is 9.90 Å². The highest BCUT2D eigenvalue weighted by Crippen LogP contribution is 2.40. The lowest BCUT2D eigenvalue weighted by atomic mass is 9.83. The number of amides is 1. The van der Waals surface area contributed by atoms with Gasteiger partial charge < -0.3 is 10.0 Å². The quantitative estimate of drug-likeness (QED) is 0.725. The first-order chi connectivity index (χ1) is 8.64. The maximum absolute atomic E-state index is 12.2. The van der Waals surface area contributed by atoms with Crippen molar-refractivity contribution in [1.29, 1.82) is 0 Å². The summed E-state index contributed by atoms with van der Waals surface area (Å²) < 4.78 is 0. The molecule has 3 aliphatic rings. The van der Waals surface area contributed by atoms with Crippen LogP contribution in [0.2, 0.25) is 0 Å². The van der Waals surface area contributed by atoms with Gasteiger partial charge in [-0.3, -0.25) is 9.69 Å². The van der Waals surface area contributed by atoms with E-state index in [0.29, 0.717) is 11.8 Å². The van der Waals surface area contributed by atoms with Crippen molar-refractivity contribution in [2.45, 2.75) is 24.8 Å². The lowest BCUT2D eigenvalue weighted by Gasteiger charge is -2.52. The van der Waals surface area contributed by atoms with E-state index in [2.05, 4.69) is 24.1 Å². The van der Waals surface area contributed by atoms with Gasteiger partial charge in [-0.05, 0) is 32.2 Å². The second-order valence-corrected chi connectivity index (χ2v) is 6.19. The molecule has 100 valence electrons. The Labute approximate surface area is 108 Å². The van der Waals surface area contributed by atoms with Crippen LogP contribution in [0.1, 0.15) is 19.3 Å². The number of likely N-dealkylation sites (tertiary alicyclic amines) is 2. The number of hydrogen-bond donors (Lipinski definition) is 1. The molecule has 0 aromatic rings. The maximum atomic E-state index is 12.2. The van der Waals surface area contributed by atoms with Crippen molar-refractivity contribution >= 4 is 5.91 Å². The third kappa shape index (κ3) is 1.79. The van der Waals surface area contributed by atoms with Gasteiger partial charge >= 0.3 is 0 Å². The molecule has 0 bridgehead atoms. The SMILES string of the molecule is CN1C[C@H](CO)CC12CN(C(=O)C1CC=CC1)C2. The highest BCUT2D eigenvalue weighted by atomic mass is 16.3. The van der Waals surface area contributed by atoms with Crippen molar-refractivity contribution in [3.8, 4) is 0 Å². The number of likely N-dealkylation sites (N-methyl/N-ethyl adjacent to an activating group) is 1. The van der Waals surface area contributed by atoms with E-state index in [1.807, 2.05) is 4.90 Å². The van der Waals surface area contributed by atoms with Crippen LogP contribution in [0.4, 0.5) is 0 Å². The van der Waals surface area contributed by atoms with Gasteiger partial charge in [0.2, 0.25) is 5.91 Å². The Hall–Kier alpha value is -0.870. The molecule has 3 rings (SSSR count). The summed E-state index contributed by atoms with van der Waals surface area (Å²) >= 11 is 0. The molecule has 0 aromatic carbocycles. The number of rotatable bonds is 2. The molecule has 0 aromatic heterocycles. The Balaban J connectivity index is 1.57. The molecule has 0 radical (unpaired) electrons. The topological polar surface area (TPSA) is 43.8 Å². The van der Waals surface area contributed by atoms with Crippen LogP contribution in [0.5, 0.6) is 0 Å². The average Bonchev–Trinajstić information content (AvgIpc) is 2.93. The first-order valence-electron chi connectivity index (χ1n) is 6.90. The summed E-state index contributed by atoms with van der Waals surface area (Å²) in [6, 6.07) is 0. The molecule has 18 heavy (non-hydrogen) atoms. The van der Waals surface area contributed by atoms with Crippen LogP contribution < -0.4 is 0 Å². The minimum Gasteiger partial charge on any atom is -0.396 e.